The number of carbonyl (C=O) groups is 3. The zero-order valence-electron chi connectivity index (χ0n) is 17.8. The standard InChI is InChI=1S/C25H24N2O5/c1-17-9-8-10-19(15-17)24(29)26-18(2)25(30)31-16-23(28)27-21-13-6-7-14-22(21)32-20-11-4-3-5-12-20/h3-15,18H,16H2,1-2H3,(H,26,29)(H,27,28)/t18-/m0/s1. The summed E-state index contributed by atoms with van der Waals surface area (Å²) >= 11 is 0. The molecule has 0 fully saturated rings. The molecule has 3 rings (SSSR count). The summed E-state index contributed by atoms with van der Waals surface area (Å²) in [6.45, 7) is 2.87. The summed E-state index contributed by atoms with van der Waals surface area (Å²) in [4.78, 5) is 36.8. The van der Waals surface area contributed by atoms with Crippen LogP contribution < -0.4 is 15.4 Å². The van der Waals surface area contributed by atoms with E-state index in [1.165, 1.54) is 6.92 Å². The molecule has 0 saturated heterocycles. The lowest BCUT2D eigenvalue weighted by Crippen LogP contribution is -2.40. The van der Waals surface area contributed by atoms with Crippen LogP contribution in [-0.4, -0.2) is 30.4 Å². The van der Waals surface area contributed by atoms with Gasteiger partial charge in [-0.3, -0.25) is 9.59 Å². The number of para-hydroxylation sites is 3. The lowest BCUT2D eigenvalue weighted by molar-refractivity contribution is -0.148. The third kappa shape index (κ3) is 6.43. The van der Waals surface area contributed by atoms with Gasteiger partial charge in [-0.2, -0.15) is 0 Å². The second-order valence-electron chi connectivity index (χ2n) is 7.13. The molecule has 164 valence electrons. The maximum atomic E-state index is 12.3. The molecule has 0 radical (unpaired) electrons. The van der Waals surface area contributed by atoms with Crippen molar-refractivity contribution in [2.45, 2.75) is 19.9 Å². The monoisotopic (exact) mass is 432 g/mol. The predicted molar refractivity (Wildman–Crippen MR) is 121 cm³/mol. The molecule has 0 saturated carbocycles. The number of rotatable bonds is 8. The maximum Gasteiger partial charge on any atom is 0.328 e. The van der Waals surface area contributed by atoms with Crippen molar-refractivity contribution in [3.05, 3.63) is 90.0 Å². The average molecular weight is 432 g/mol. The summed E-state index contributed by atoms with van der Waals surface area (Å²) in [6, 6.07) is 22.2. The fraction of sp³-hybridized carbons (Fsp3) is 0.160. The largest absolute Gasteiger partial charge is 0.455 e. The van der Waals surface area contributed by atoms with Crippen molar-refractivity contribution < 1.29 is 23.9 Å². The van der Waals surface area contributed by atoms with Crippen molar-refractivity contribution >= 4 is 23.5 Å². The first-order valence-corrected chi connectivity index (χ1v) is 10.1. The van der Waals surface area contributed by atoms with E-state index in [1.807, 2.05) is 31.2 Å². The van der Waals surface area contributed by atoms with Crippen LogP contribution in [0.5, 0.6) is 11.5 Å². The zero-order valence-corrected chi connectivity index (χ0v) is 17.8. The molecular weight excluding hydrogens is 408 g/mol. The van der Waals surface area contributed by atoms with E-state index in [4.69, 9.17) is 9.47 Å². The highest BCUT2D eigenvalue weighted by molar-refractivity contribution is 5.97. The van der Waals surface area contributed by atoms with Gasteiger partial charge >= 0.3 is 5.97 Å². The van der Waals surface area contributed by atoms with Crippen LogP contribution in [0.25, 0.3) is 0 Å². The predicted octanol–water partition coefficient (Wildman–Crippen LogP) is 4.09. The Morgan fingerprint density at radius 2 is 1.62 bits per heavy atom. The lowest BCUT2D eigenvalue weighted by Gasteiger charge is -2.15. The summed E-state index contributed by atoms with van der Waals surface area (Å²) in [6.07, 6.45) is 0. The molecule has 0 aromatic heterocycles. The van der Waals surface area contributed by atoms with E-state index in [9.17, 15) is 14.4 Å². The summed E-state index contributed by atoms with van der Waals surface area (Å²) in [5.74, 6) is -0.555. The fourth-order valence-corrected chi connectivity index (χ4v) is 2.85. The Morgan fingerprint density at radius 1 is 0.906 bits per heavy atom. The molecule has 0 aliphatic carbocycles. The minimum atomic E-state index is -0.912. The van der Waals surface area contributed by atoms with E-state index in [1.54, 1.807) is 54.6 Å². The topological polar surface area (TPSA) is 93.7 Å². The van der Waals surface area contributed by atoms with Crippen LogP contribution in [-0.2, 0) is 14.3 Å². The van der Waals surface area contributed by atoms with Gasteiger partial charge in [-0.05, 0) is 50.2 Å². The van der Waals surface area contributed by atoms with Crippen LogP contribution in [0.15, 0.2) is 78.9 Å². The van der Waals surface area contributed by atoms with Crippen molar-refractivity contribution in [2.75, 3.05) is 11.9 Å². The SMILES string of the molecule is Cc1cccc(C(=O)N[C@@H](C)C(=O)OCC(=O)Nc2ccccc2Oc2ccccc2)c1. The van der Waals surface area contributed by atoms with E-state index in [0.29, 0.717) is 22.7 Å². The van der Waals surface area contributed by atoms with Gasteiger partial charge in [-0.25, -0.2) is 4.79 Å². The summed E-state index contributed by atoms with van der Waals surface area (Å²) in [5, 5.41) is 5.24. The van der Waals surface area contributed by atoms with Gasteiger partial charge in [0, 0.05) is 5.56 Å². The number of anilines is 1. The number of amides is 2. The number of nitrogens with one attached hydrogen (secondary N) is 2. The number of hydrogen-bond acceptors (Lipinski definition) is 5. The molecule has 1 atom stereocenters. The molecule has 3 aromatic rings. The Hall–Kier alpha value is -4.13. The summed E-state index contributed by atoms with van der Waals surface area (Å²) < 4.78 is 10.8. The Labute approximate surface area is 186 Å². The van der Waals surface area contributed by atoms with Crippen molar-refractivity contribution in [1.29, 1.82) is 0 Å². The Kier molecular flexibility index (Phi) is 7.59. The Morgan fingerprint density at radius 3 is 2.38 bits per heavy atom. The van der Waals surface area contributed by atoms with Crippen molar-refractivity contribution in [3.63, 3.8) is 0 Å². The highest BCUT2D eigenvalue weighted by Crippen LogP contribution is 2.28. The third-order valence-corrected chi connectivity index (χ3v) is 4.46. The third-order valence-electron chi connectivity index (χ3n) is 4.46. The Balaban J connectivity index is 1.51. The normalized spacial score (nSPS) is 11.2. The molecule has 3 aromatic carbocycles. The van der Waals surface area contributed by atoms with Gasteiger partial charge < -0.3 is 20.1 Å². The minimum absolute atomic E-state index is 0.394. The van der Waals surface area contributed by atoms with Crippen molar-refractivity contribution in [3.8, 4) is 11.5 Å². The zero-order chi connectivity index (χ0) is 22.9. The first-order valence-electron chi connectivity index (χ1n) is 10.1. The molecule has 7 heteroatoms. The molecular formula is C25H24N2O5. The van der Waals surface area contributed by atoms with Gasteiger partial charge in [0.15, 0.2) is 12.4 Å². The average Bonchev–Trinajstić information content (AvgIpc) is 2.79. The molecule has 2 amide bonds. The minimum Gasteiger partial charge on any atom is -0.455 e. The molecule has 0 aliphatic rings. The van der Waals surface area contributed by atoms with Crippen LogP contribution in [0, 0.1) is 6.92 Å². The number of benzene rings is 3. The van der Waals surface area contributed by atoms with Crippen molar-refractivity contribution in [1.82, 2.24) is 5.32 Å². The van der Waals surface area contributed by atoms with Crippen LogP contribution >= 0.6 is 0 Å². The molecule has 7 nitrogen and oxygen atoms in total. The molecule has 0 heterocycles. The first-order chi connectivity index (χ1) is 15.4. The van der Waals surface area contributed by atoms with Gasteiger partial charge in [0.1, 0.15) is 11.8 Å². The fourth-order valence-electron chi connectivity index (χ4n) is 2.85. The number of ether oxygens (including phenoxy) is 2. The highest BCUT2D eigenvalue weighted by atomic mass is 16.5. The quantitative estimate of drug-likeness (QED) is 0.523. The maximum absolute atomic E-state index is 12.3. The van der Waals surface area contributed by atoms with Crippen LogP contribution in [0.1, 0.15) is 22.8 Å². The van der Waals surface area contributed by atoms with E-state index >= 15 is 0 Å². The second-order valence-corrected chi connectivity index (χ2v) is 7.13. The smallest absolute Gasteiger partial charge is 0.328 e. The molecule has 0 spiro atoms. The van der Waals surface area contributed by atoms with Gasteiger partial charge in [0.05, 0.1) is 5.69 Å². The highest BCUT2D eigenvalue weighted by Gasteiger charge is 2.19. The summed E-state index contributed by atoms with van der Waals surface area (Å²) in [5.41, 5.74) is 1.82. The number of esters is 1. The van der Waals surface area contributed by atoms with E-state index in [-0.39, 0.29) is 0 Å². The van der Waals surface area contributed by atoms with E-state index in [2.05, 4.69) is 10.6 Å². The van der Waals surface area contributed by atoms with Crippen LogP contribution in [0.2, 0.25) is 0 Å². The molecule has 0 bridgehead atoms. The molecule has 32 heavy (non-hydrogen) atoms. The summed E-state index contributed by atoms with van der Waals surface area (Å²) in [7, 11) is 0. The van der Waals surface area contributed by atoms with E-state index in [0.717, 1.165) is 5.56 Å². The molecule has 0 unspecified atom stereocenters. The molecule has 0 aliphatic heterocycles. The van der Waals surface area contributed by atoms with Gasteiger partial charge in [-0.1, -0.05) is 48.0 Å². The van der Waals surface area contributed by atoms with Crippen LogP contribution in [0.3, 0.4) is 0 Å². The second kappa shape index (κ2) is 10.8. The van der Waals surface area contributed by atoms with Gasteiger partial charge in [0.25, 0.3) is 11.8 Å². The van der Waals surface area contributed by atoms with Crippen LogP contribution in [0.4, 0.5) is 5.69 Å². The first kappa shape index (κ1) is 22.6. The number of aryl methyl sites for hydroxylation is 1. The van der Waals surface area contributed by atoms with E-state index < -0.39 is 30.4 Å². The molecule has 2 N–H and O–H groups in total. The lowest BCUT2D eigenvalue weighted by atomic mass is 10.1. The van der Waals surface area contributed by atoms with Crippen molar-refractivity contribution in [2.24, 2.45) is 0 Å². The Bertz CT molecular complexity index is 1100. The van der Waals surface area contributed by atoms with Gasteiger partial charge in [0.2, 0.25) is 0 Å². The van der Waals surface area contributed by atoms with Gasteiger partial charge in [-0.15, -0.1) is 0 Å². The number of hydrogen-bond donors (Lipinski definition) is 2. The number of carbonyl (C=O) groups excluding carboxylic acids is 3.